The van der Waals surface area contributed by atoms with Gasteiger partial charge >= 0.3 is 0 Å². The summed E-state index contributed by atoms with van der Waals surface area (Å²) < 4.78 is 5.81. The van der Waals surface area contributed by atoms with Crippen molar-refractivity contribution in [2.24, 2.45) is 0 Å². The van der Waals surface area contributed by atoms with Crippen LogP contribution in [-0.2, 0) is 0 Å². The molecule has 0 radical (unpaired) electrons. The minimum Gasteiger partial charge on any atom is -0.457 e. The predicted molar refractivity (Wildman–Crippen MR) is 122 cm³/mol. The highest BCUT2D eigenvalue weighted by molar-refractivity contribution is 6.30. The van der Waals surface area contributed by atoms with Crippen LogP contribution in [0.3, 0.4) is 0 Å². The number of benzene rings is 3. The molecule has 0 spiro atoms. The minimum absolute atomic E-state index is 0.404. The van der Waals surface area contributed by atoms with E-state index in [9.17, 15) is 0 Å². The Labute approximate surface area is 179 Å². The summed E-state index contributed by atoms with van der Waals surface area (Å²) >= 11 is 6.10. The maximum absolute atomic E-state index is 6.29. The topological polar surface area (TPSA) is 85.1 Å². The molecular weight excluding hydrogens is 398 g/mol. The number of hydrogen-bond donors (Lipinski definition) is 3. The van der Waals surface area contributed by atoms with Gasteiger partial charge in [0.05, 0.1) is 0 Å². The number of nitrogens with one attached hydrogen (secondary N) is 2. The Balaban J connectivity index is 1.49. The van der Waals surface area contributed by atoms with Crippen molar-refractivity contribution >= 4 is 40.3 Å². The zero-order chi connectivity index (χ0) is 20.9. The number of anilines is 5. The van der Waals surface area contributed by atoms with Gasteiger partial charge in [0.2, 0.25) is 0 Å². The molecule has 0 aliphatic carbocycles. The summed E-state index contributed by atoms with van der Waals surface area (Å²) in [6.45, 7) is 1.98. The molecule has 7 heteroatoms. The van der Waals surface area contributed by atoms with E-state index in [-0.39, 0.29) is 0 Å². The summed E-state index contributed by atoms with van der Waals surface area (Å²) in [6, 6.07) is 22.8. The molecule has 3 aromatic carbocycles. The first-order chi connectivity index (χ1) is 14.6. The Morgan fingerprint density at radius 2 is 1.50 bits per heavy atom. The van der Waals surface area contributed by atoms with Gasteiger partial charge in [-0.05, 0) is 61.0 Å². The fourth-order valence-electron chi connectivity index (χ4n) is 2.82. The van der Waals surface area contributed by atoms with Crippen LogP contribution in [0.2, 0.25) is 5.02 Å². The number of rotatable bonds is 6. The van der Waals surface area contributed by atoms with Gasteiger partial charge in [-0.15, -0.1) is 0 Å². The molecule has 4 N–H and O–H groups in total. The fraction of sp³-hybridized carbons (Fsp3) is 0.0435. The number of ether oxygens (including phenoxy) is 1. The van der Waals surface area contributed by atoms with E-state index in [0.29, 0.717) is 22.3 Å². The number of aryl methyl sites for hydroxylation is 1. The van der Waals surface area contributed by atoms with Crippen molar-refractivity contribution < 1.29 is 4.74 Å². The standard InChI is InChI=1S/C23H20ClN5O/c1-15-7-8-16(24)13-20(15)29-23-21(25)22(26-14-27-23)28-17-9-11-19(12-10-17)30-18-5-3-2-4-6-18/h2-14H,25H2,1H3,(H2,26,27,28,29). The molecule has 1 aromatic heterocycles. The zero-order valence-corrected chi connectivity index (χ0v) is 17.0. The number of aromatic nitrogens is 2. The zero-order valence-electron chi connectivity index (χ0n) is 16.3. The highest BCUT2D eigenvalue weighted by Crippen LogP contribution is 2.31. The molecule has 6 nitrogen and oxygen atoms in total. The Bertz CT molecular complexity index is 1150. The summed E-state index contributed by atoms with van der Waals surface area (Å²) in [7, 11) is 0. The van der Waals surface area contributed by atoms with Crippen LogP contribution in [0.1, 0.15) is 5.56 Å². The molecule has 1 heterocycles. The lowest BCUT2D eigenvalue weighted by Crippen LogP contribution is -2.05. The van der Waals surface area contributed by atoms with E-state index in [4.69, 9.17) is 22.1 Å². The van der Waals surface area contributed by atoms with Gasteiger partial charge in [0.1, 0.15) is 23.5 Å². The van der Waals surface area contributed by atoms with E-state index in [1.165, 1.54) is 6.33 Å². The summed E-state index contributed by atoms with van der Waals surface area (Å²) in [5, 5.41) is 7.07. The molecule has 0 saturated heterocycles. The van der Waals surface area contributed by atoms with Crippen LogP contribution in [-0.4, -0.2) is 9.97 Å². The van der Waals surface area contributed by atoms with Crippen molar-refractivity contribution in [3.05, 3.63) is 89.7 Å². The summed E-state index contributed by atoms with van der Waals surface area (Å²) in [5.41, 5.74) is 9.38. The molecular formula is C23H20ClN5O. The summed E-state index contributed by atoms with van der Waals surface area (Å²) in [4.78, 5) is 8.52. The van der Waals surface area contributed by atoms with Crippen LogP contribution < -0.4 is 21.1 Å². The first kappa shape index (κ1) is 19.5. The second-order valence-corrected chi connectivity index (χ2v) is 7.07. The van der Waals surface area contributed by atoms with Gasteiger partial charge in [-0.3, -0.25) is 0 Å². The Hall–Kier alpha value is -3.77. The molecule has 4 aromatic rings. The number of nitrogens with two attached hydrogens (primary N) is 1. The van der Waals surface area contributed by atoms with Crippen molar-refractivity contribution in [1.29, 1.82) is 0 Å². The van der Waals surface area contributed by atoms with Crippen molar-refractivity contribution in [1.82, 2.24) is 9.97 Å². The lowest BCUT2D eigenvalue weighted by molar-refractivity contribution is 0.483. The first-order valence-corrected chi connectivity index (χ1v) is 9.70. The molecule has 30 heavy (non-hydrogen) atoms. The van der Waals surface area contributed by atoms with Crippen molar-refractivity contribution in [2.45, 2.75) is 6.92 Å². The monoisotopic (exact) mass is 417 g/mol. The van der Waals surface area contributed by atoms with Crippen molar-refractivity contribution in [3.8, 4) is 11.5 Å². The number of halogens is 1. The van der Waals surface area contributed by atoms with Gasteiger partial charge < -0.3 is 21.1 Å². The van der Waals surface area contributed by atoms with Gasteiger partial charge in [-0.25, -0.2) is 9.97 Å². The van der Waals surface area contributed by atoms with Crippen LogP contribution in [0.15, 0.2) is 79.1 Å². The molecule has 0 aliphatic rings. The highest BCUT2D eigenvalue weighted by Gasteiger charge is 2.10. The minimum atomic E-state index is 0.404. The van der Waals surface area contributed by atoms with Crippen molar-refractivity contribution in [3.63, 3.8) is 0 Å². The number of nitrogen functional groups attached to an aromatic ring is 1. The summed E-state index contributed by atoms with van der Waals surface area (Å²) in [6.07, 6.45) is 1.45. The second-order valence-electron chi connectivity index (χ2n) is 6.63. The molecule has 0 fully saturated rings. The molecule has 0 aliphatic heterocycles. The lowest BCUT2D eigenvalue weighted by Gasteiger charge is -2.14. The normalized spacial score (nSPS) is 10.5. The van der Waals surface area contributed by atoms with Crippen LogP contribution in [0.4, 0.5) is 28.7 Å². The molecule has 0 amide bonds. The average molecular weight is 418 g/mol. The van der Waals surface area contributed by atoms with E-state index in [0.717, 1.165) is 28.4 Å². The SMILES string of the molecule is Cc1ccc(Cl)cc1Nc1ncnc(Nc2ccc(Oc3ccccc3)cc2)c1N. The van der Waals surface area contributed by atoms with Gasteiger partial charge in [0.15, 0.2) is 11.6 Å². The second kappa shape index (κ2) is 8.71. The Kier molecular flexibility index (Phi) is 5.68. The van der Waals surface area contributed by atoms with Crippen molar-refractivity contribution in [2.75, 3.05) is 16.4 Å². The van der Waals surface area contributed by atoms with E-state index in [1.807, 2.05) is 79.7 Å². The predicted octanol–water partition coefficient (Wildman–Crippen LogP) is 6.30. The molecule has 0 bridgehead atoms. The molecule has 0 unspecified atom stereocenters. The lowest BCUT2D eigenvalue weighted by atomic mass is 10.2. The maximum atomic E-state index is 6.29. The Morgan fingerprint density at radius 1 is 0.833 bits per heavy atom. The third-order valence-electron chi connectivity index (χ3n) is 4.43. The molecule has 0 atom stereocenters. The molecule has 0 saturated carbocycles. The van der Waals surface area contributed by atoms with Gasteiger partial charge in [0, 0.05) is 16.4 Å². The Morgan fingerprint density at radius 3 is 2.23 bits per heavy atom. The van der Waals surface area contributed by atoms with Crippen LogP contribution in [0.5, 0.6) is 11.5 Å². The van der Waals surface area contributed by atoms with E-state index >= 15 is 0 Å². The van der Waals surface area contributed by atoms with E-state index in [2.05, 4.69) is 20.6 Å². The van der Waals surface area contributed by atoms with Crippen LogP contribution in [0.25, 0.3) is 0 Å². The van der Waals surface area contributed by atoms with Crippen LogP contribution in [0, 0.1) is 6.92 Å². The fourth-order valence-corrected chi connectivity index (χ4v) is 2.99. The number of para-hydroxylation sites is 1. The van der Waals surface area contributed by atoms with Gasteiger partial charge in [0.25, 0.3) is 0 Å². The maximum Gasteiger partial charge on any atom is 0.159 e. The average Bonchev–Trinajstić information content (AvgIpc) is 2.76. The smallest absolute Gasteiger partial charge is 0.159 e. The van der Waals surface area contributed by atoms with Gasteiger partial charge in [-0.2, -0.15) is 0 Å². The first-order valence-electron chi connectivity index (χ1n) is 9.32. The van der Waals surface area contributed by atoms with Crippen LogP contribution >= 0.6 is 11.6 Å². The largest absolute Gasteiger partial charge is 0.457 e. The molecule has 4 rings (SSSR count). The third-order valence-corrected chi connectivity index (χ3v) is 4.67. The third kappa shape index (κ3) is 4.61. The van der Waals surface area contributed by atoms with E-state index in [1.54, 1.807) is 0 Å². The van der Waals surface area contributed by atoms with Gasteiger partial charge in [-0.1, -0.05) is 35.9 Å². The highest BCUT2D eigenvalue weighted by atomic mass is 35.5. The summed E-state index contributed by atoms with van der Waals surface area (Å²) in [5.74, 6) is 2.53. The quantitative estimate of drug-likeness (QED) is 0.341. The van der Waals surface area contributed by atoms with E-state index < -0.39 is 0 Å². The number of nitrogens with zero attached hydrogens (tertiary/aromatic N) is 2. The number of hydrogen-bond acceptors (Lipinski definition) is 6. The molecule has 150 valence electrons.